The Morgan fingerprint density at radius 3 is 2.12 bits per heavy atom. The van der Waals surface area contributed by atoms with Crippen LogP contribution in [0.2, 0.25) is 0 Å². The molecule has 2 saturated carbocycles. The summed E-state index contributed by atoms with van der Waals surface area (Å²) in [6.07, 6.45) is 8.09. The lowest BCUT2D eigenvalue weighted by molar-refractivity contribution is 0.216. The highest BCUT2D eigenvalue weighted by molar-refractivity contribution is 14.0. The normalized spacial score (nSPS) is 29.8. The van der Waals surface area contributed by atoms with Crippen molar-refractivity contribution in [2.45, 2.75) is 70.9 Å². The fourth-order valence-electron chi connectivity index (χ4n) is 3.53. The lowest BCUT2D eigenvalue weighted by Crippen LogP contribution is -2.46. The SMILES string of the molecule is CC1(C)CCC(NC(=NCC2CCS(=O)(=O)C2)NC2CC2)CC1.I. The number of rotatable bonds is 4. The highest BCUT2D eigenvalue weighted by Crippen LogP contribution is 2.35. The molecule has 3 fully saturated rings. The zero-order chi connectivity index (χ0) is 16.5. The summed E-state index contributed by atoms with van der Waals surface area (Å²) in [6.45, 7) is 5.32. The number of guanidine groups is 1. The highest BCUT2D eigenvalue weighted by atomic mass is 127. The molecule has 1 saturated heterocycles. The molecule has 0 amide bonds. The summed E-state index contributed by atoms with van der Waals surface area (Å²) >= 11 is 0. The van der Waals surface area contributed by atoms with Gasteiger partial charge in [-0.25, -0.2) is 8.42 Å². The van der Waals surface area contributed by atoms with Gasteiger partial charge >= 0.3 is 0 Å². The van der Waals surface area contributed by atoms with Crippen LogP contribution in [0.15, 0.2) is 4.99 Å². The minimum Gasteiger partial charge on any atom is -0.354 e. The van der Waals surface area contributed by atoms with Crippen molar-refractivity contribution in [3.05, 3.63) is 0 Å². The van der Waals surface area contributed by atoms with Crippen molar-refractivity contribution in [1.82, 2.24) is 10.6 Å². The molecule has 0 aromatic carbocycles. The van der Waals surface area contributed by atoms with E-state index in [-0.39, 0.29) is 29.9 Å². The molecule has 0 aromatic rings. The van der Waals surface area contributed by atoms with Gasteiger partial charge in [0.05, 0.1) is 11.5 Å². The number of aliphatic imine (C=N–C) groups is 1. The van der Waals surface area contributed by atoms with Gasteiger partial charge in [-0.15, -0.1) is 24.0 Å². The average Bonchev–Trinajstić information content (AvgIpc) is 3.21. The number of halogens is 1. The Morgan fingerprint density at radius 1 is 1.04 bits per heavy atom. The van der Waals surface area contributed by atoms with Gasteiger partial charge in [0.2, 0.25) is 0 Å². The molecule has 3 rings (SSSR count). The van der Waals surface area contributed by atoms with E-state index in [1.54, 1.807) is 0 Å². The maximum absolute atomic E-state index is 11.6. The predicted molar refractivity (Wildman–Crippen MR) is 110 cm³/mol. The van der Waals surface area contributed by atoms with Crippen molar-refractivity contribution >= 4 is 39.8 Å². The van der Waals surface area contributed by atoms with Crippen molar-refractivity contribution in [1.29, 1.82) is 0 Å². The van der Waals surface area contributed by atoms with E-state index < -0.39 is 9.84 Å². The maximum Gasteiger partial charge on any atom is 0.191 e. The second kappa shape index (κ2) is 8.10. The Kier molecular flexibility index (Phi) is 6.84. The minimum atomic E-state index is -2.80. The van der Waals surface area contributed by atoms with Crippen LogP contribution < -0.4 is 10.6 Å². The van der Waals surface area contributed by atoms with E-state index in [9.17, 15) is 8.42 Å². The summed E-state index contributed by atoms with van der Waals surface area (Å²) in [7, 11) is -2.80. The molecule has 140 valence electrons. The van der Waals surface area contributed by atoms with Gasteiger partial charge < -0.3 is 10.6 Å². The molecule has 0 bridgehead atoms. The zero-order valence-corrected chi connectivity index (χ0v) is 18.0. The summed E-state index contributed by atoms with van der Waals surface area (Å²) in [5.74, 6) is 1.75. The topological polar surface area (TPSA) is 70.6 Å². The van der Waals surface area contributed by atoms with Gasteiger partial charge in [-0.3, -0.25) is 4.99 Å². The van der Waals surface area contributed by atoms with Crippen LogP contribution in [0.4, 0.5) is 0 Å². The first-order valence-electron chi connectivity index (χ1n) is 9.09. The molecular formula is C17H32IN3O2S. The molecule has 1 unspecified atom stereocenters. The maximum atomic E-state index is 11.6. The van der Waals surface area contributed by atoms with Crippen molar-refractivity contribution in [2.75, 3.05) is 18.1 Å². The van der Waals surface area contributed by atoms with E-state index in [2.05, 4.69) is 24.5 Å². The summed E-state index contributed by atoms with van der Waals surface area (Å²) in [5.41, 5.74) is 0.470. The standard InChI is InChI=1S/C17H31N3O2S.HI/c1-17(2)8-5-15(6-9-17)20-16(19-14-3-4-14)18-11-13-7-10-23(21,22)12-13;/h13-15H,3-12H2,1-2H3,(H2,18,19,20);1H. The predicted octanol–water partition coefficient (Wildman–Crippen LogP) is 2.71. The molecule has 24 heavy (non-hydrogen) atoms. The smallest absolute Gasteiger partial charge is 0.191 e. The minimum absolute atomic E-state index is 0. The van der Waals surface area contributed by atoms with Gasteiger partial charge in [0.25, 0.3) is 0 Å². The average molecular weight is 469 g/mol. The largest absolute Gasteiger partial charge is 0.354 e. The van der Waals surface area contributed by atoms with Crippen molar-refractivity contribution in [3.8, 4) is 0 Å². The van der Waals surface area contributed by atoms with E-state index >= 15 is 0 Å². The second-order valence-corrected chi connectivity index (χ2v) is 10.7. The lowest BCUT2D eigenvalue weighted by Gasteiger charge is -2.35. The molecule has 2 aliphatic carbocycles. The van der Waals surface area contributed by atoms with Crippen LogP contribution in [0.5, 0.6) is 0 Å². The number of hydrogen-bond acceptors (Lipinski definition) is 3. The highest BCUT2D eigenvalue weighted by Gasteiger charge is 2.30. The first-order chi connectivity index (χ1) is 10.8. The second-order valence-electron chi connectivity index (χ2n) is 8.46. The molecule has 5 nitrogen and oxygen atoms in total. The molecule has 1 aliphatic heterocycles. The Hall–Kier alpha value is -0.0500. The molecule has 1 heterocycles. The zero-order valence-electron chi connectivity index (χ0n) is 14.9. The van der Waals surface area contributed by atoms with Crippen LogP contribution in [0.3, 0.4) is 0 Å². The first-order valence-corrected chi connectivity index (χ1v) is 10.9. The van der Waals surface area contributed by atoms with Crippen molar-refractivity contribution in [3.63, 3.8) is 0 Å². The van der Waals surface area contributed by atoms with Gasteiger partial charge in [-0.1, -0.05) is 13.8 Å². The lowest BCUT2D eigenvalue weighted by atomic mass is 9.75. The van der Waals surface area contributed by atoms with Gasteiger partial charge in [0.1, 0.15) is 0 Å². The summed E-state index contributed by atoms with van der Waals surface area (Å²) in [5, 5.41) is 7.09. The van der Waals surface area contributed by atoms with Crippen LogP contribution in [-0.2, 0) is 9.84 Å². The van der Waals surface area contributed by atoms with E-state index in [1.165, 1.54) is 38.5 Å². The monoisotopic (exact) mass is 469 g/mol. The Labute approximate surface area is 163 Å². The third-order valence-corrected chi connectivity index (χ3v) is 7.27. The van der Waals surface area contributed by atoms with Crippen LogP contribution in [0.1, 0.15) is 58.8 Å². The first kappa shape index (κ1) is 20.3. The van der Waals surface area contributed by atoms with E-state index in [1.807, 2.05) is 0 Å². The molecule has 0 spiro atoms. The number of nitrogens with one attached hydrogen (secondary N) is 2. The van der Waals surface area contributed by atoms with Crippen LogP contribution in [-0.4, -0.2) is 44.5 Å². The number of sulfone groups is 1. The molecule has 1 atom stereocenters. The van der Waals surface area contributed by atoms with Crippen molar-refractivity contribution < 1.29 is 8.42 Å². The summed E-state index contributed by atoms with van der Waals surface area (Å²) in [6, 6.07) is 1.06. The van der Waals surface area contributed by atoms with E-state index in [0.29, 0.717) is 35.5 Å². The van der Waals surface area contributed by atoms with E-state index in [4.69, 9.17) is 4.99 Å². The Morgan fingerprint density at radius 2 is 1.62 bits per heavy atom. The van der Waals surface area contributed by atoms with Gasteiger partial charge in [-0.2, -0.15) is 0 Å². The third kappa shape index (κ3) is 6.35. The van der Waals surface area contributed by atoms with Crippen LogP contribution >= 0.6 is 24.0 Å². The number of hydrogen-bond donors (Lipinski definition) is 2. The Bertz CT molecular complexity index is 548. The van der Waals surface area contributed by atoms with Gasteiger partial charge in [0.15, 0.2) is 15.8 Å². The molecule has 0 aromatic heterocycles. The quantitative estimate of drug-likeness (QED) is 0.378. The number of nitrogens with zero attached hydrogens (tertiary/aromatic N) is 1. The molecule has 7 heteroatoms. The van der Waals surface area contributed by atoms with Gasteiger partial charge in [0, 0.05) is 18.6 Å². The van der Waals surface area contributed by atoms with Gasteiger partial charge in [-0.05, 0) is 56.3 Å². The van der Waals surface area contributed by atoms with E-state index in [0.717, 1.165) is 12.4 Å². The molecule has 2 N–H and O–H groups in total. The van der Waals surface area contributed by atoms with Crippen LogP contribution in [0.25, 0.3) is 0 Å². The molecule has 0 radical (unpaired) electrons. The molecule has 3 aliphatic rings. The van der Waals surface area contributed by atoms with Crippen LogP contribution in [0, 0.1) is 11.3 Å². The third-order valence-electron chi connectivity index (χ3n) is 5.43. The molecular weight excluding hydrogens is 437 g/mol. The Balaban J connectivity index is 0.00000208. The summed E-state index contributed by atoms with van der Waals surface area (Å²) < 4.78 is 23.1. The summed E-state index contributed by atoms with van der Waals surface area (Å²) in [4.78, 5) is 4.71. The van der Waals surface area contributed by atoms with Crippen molar-refractivity contribution in [2.24, 2.45) is 16.3 Å². The fourth-order valence-corrected chi connectivity index (χ4v) is 5.38. The fraction of sp³-hybridized carbons (Fsp3) is 0.941.